The summed E-state index contributed by atoms with van der Waals surface area (Å²) in [5.41, 5.74) is 5.57. The second-order valence-corrected chi connectivity index (χ2v) is 9.65. The van der Waals surface area contributed by atoms with Gasteiger partial charge in [0.15, 0.2) is 0 Å². The van der Waals surface area contributed by atoms with Gasteiger partial charge in [0.1, 0.15) is 0 Å². The van der Waals surface area contributed by atoms with E-state index in [1.807, 2.05) is 71.6 Å². The lowest BCUT2D eigenvalue weighted by Gasteiger charge is -2.31. The van der Waals surface area contributed by atoms with E-state index in [-0.39, 0.29) is 11.8 Å². The van der Waals surface area contributed by atoms with Gasteiger partial charge in [-0.3, -0.25) is 14.6 Å². The minimum Gasteiger partial charge on any atom is -0.348 e. The molecule has 0 fully saturated rings. The number of hydrogen-bond acceptors (Lipinski definition) is 4. The van der Waals surface area contributed by atoms with Crippen LogP contribution in [0.4, 0.5) is 5.69 Å². The predicted octanol–water partition coefficient (Wildman–Crippen LogP) is 6.00. The molecule has 1 aliphatic rings. The van der Waals surface area contributed by atoms with Crippen molar-refractivity contribution < 1.29 is 9.59 Å². The van der Waals surface area contributed by atoms with Gasteiger partial charge in [0, 0.05) is 29.4 Å². The standard InChI is InChI=1S/C30H25N3O2S/c1-21-7-2-3-9-25(21)20-33-26-10-4-5-11-27(26)36-28(30(33)35)17-22-12-14-24(15-13-22)29(34)32-19-23-8-6-16-31-18-23/h2-18H,19-20H2,1H3,(H,32,34)/b28-17+. The number of carbonyl (C=O) groups excluding carboxylic acids is 2. The molecule has 5 rings (SSSR count). The summed E-state index contributed by atoms with van der Waals surface area (Å²) in [6, 6.07) is 27.2. The van der Waals surface area contributed by atoms with Gasteiger partial charge in [-0.05, 0) is 65.6 Å². The maximum atomic E-state index is 13.6. The maximum Gasteiger partial charge on any atom is 0.265 e. The minimum absolute atomic E-state index is 0.0276. The van der Waals surface area contributed by atoms with Gasteiger partial charge in [-0.2, -0.15) is 0 Å². The van der Waals surface area contributed by atoms with E-state index < -0.39 is 0 Å². The Morgan fingerprint density at radius 3 is 2.53 bits per heavy atom. The third kappa shape index (κ3) is 5.24. The number of aryl methyl sites for hydroxylation is 1. The largest absolute Gasteiger partial charge is 0.348 e. The zero-order valence-electron chi connectivity index (χ0n) is 19.8. The molecule has 1 aliphatic heterocycles. The van der Waals surface area contributed by atoms with Crippen molar-refractivity contribution >= 4 is 35.3 Å². The van der Waals surface area contributed by atoms with Crippen LogP contribution in [0.1, 0.15) is 32.6 Å². The Kier molecular flexibility index (Phi) is 6.96. The highest BCUT2D eigenvalue weighted by Crippen LogP contribution is 2.42. The molecule has 0 unspecified atom stereocenters. The fraction of sp³-hybridized carbons (Fsp3) is 0.100. The van der Waals surface area contributed by atoms with E-state index in [1.165, 1.54) is 11.8 Å². The highest BCUT2D eigenvalue weighted by atomic mass is 32.2. The summed E-state index contributed by atoms with van der Waals surface area (Å²) in [6.45, 7) is 2.99. The topological polar surface area (TPSA) is 62.3 Å². The van der Waals surface area contributed by atoms with Crippen molar-refractivity contribution in [3.8, 4) is 0 Å². The van der Waals surface area contributed by atoms with Crippen LogP contribution in [-0.2, 0) is 17.9 Å². The number of para-hydroxylation sites is 1. The summed E-state index contributed by atoms with van der Waals surface area (Å²) >= 11 is 1.48. The van der Waals surface area contributed by atoms with Gasteiger partial charge < -0.3 is 10.2 Å². The highest BCUT2D eigenvalue weighted by molar-refractivity contribution is 8.04. The molecule has 0 saturated heterocycles. The lowest BCUT2D eigenvalue weighted by Crippen LogP contribution is -2.33. The van der Waals surface area contributed by atoms with Gasteiger partial charge in [-0.25, -0.2) is 0 Å². The zero-order valence-corrected chi connectivity index (χ0v) is 20.7. The number of aromatic nitrogens is 1. The Morgan fingerprint density at radius 1 is 0.972 bits per heavy atom. The number of pyridine rings is 1. The fourth-order valence-electron chi connectivity index (χ4n) is 4.05. The number of fused-ring (bicyclic) bond motifs is 1. The molecule has 1 aromatic heterocycles. The lowest BCUT2D eigenvalue weighted by molar-refractivity contribution is -0.114. The van der Waals surface area contributed by atoms with E-state index in [9.17, 15) is 9.59 Å². The van der Waals surface area contributed by atoms with Crippen LogP contribution in [0.25, 0.3) is 6.08 Å². The predicted molar refractivity (Wildman–Crippen MR) is 144 cm³/mol. The molecule has 0 spiro atoms. The van der Waals surface area contributed by atoms with Gasteiger partial charge in [0.25, 0.3) is 11.8 Å². The number of nitrogens with one attached hydrogen (secondary N) is 1. The average molecular weight is 492 g/mol. The number of hydrogen-bond donors (Lipinski definition) is 1. The normalized spacial score (nSPS) is 14.0. The molecular weight excluding hydrogens is 466 g/mol. The van der Waals surface area contributed by atoms with E-state index in [2.05, 4.69) is 29.4 Å². The van der Waals surface area contributed by atoms with Crippen molar-refractivity contribution in [2.75, 3.05) is 4.90 Å². The number of carbonyl (C=O) groups is 2. The quantitative estimate of drug-likeness (QED) is 0.336. The second-order valence-electron chi connectivity index (χ2n) is 8.56. The number of benzene rings is 3. The third-order valence-electron chi connectivity index (χ3n) is 6.07. The van der Waals surface area contributed by atoms with Gasteiger partial charge in [0.2, 0.25) is 0 Å². The second kappa shape index (κ2) is 10.6. The fourth-order valence-corrected chi connectivity index (χ4v) is 5.11. The van der Waals surface area contributed by atoms with E-state index >= 15 is 0 Å². The molecule has 0 saturated carbocycles. The Morgan fingerprint density at radius 2 is 1.75 bits per heavy atom. The number of amides is 2. The molecular formula is C30H25N3O2S. The summed E-state index contributed by atoms with van der Waals surface area (Å²) in [5.74, 6) is -0.181. The summed E-state index contributed by atoms with van der Waals surface area (Å²) in [5, 5.41) is 2.91. The summed E-state index contributed by atoms with van der Waals surface area (Å²) in [6.07, 6.45) is 5.33. The van der Waals surface area contributed by atoms with Crippen LogP contribution >= 0.6 is 11.8 Å². The summed E-state index contributed by atoms with van der Waals surface area (Å²) in [7, 11) is 0. The van der Waals surface area contributed by atoms with Crippen LogP contribution in [0.5, 0.6) is 0 Å². The number of anilines is 1. The van der Waals surface area contributed by atoms with Crippen LogP contribution < -0.4 is 10.2 Å². The van der Waals surface area contributed by atoms with Gasteiger partial charge in [-0.15, -0.1) is 0 Å². The molecule has 1 N–H and O–H groups in total. The number of nitrogens with zero attached hydrogens (tertiary/aromatic N) is 2. The van der Waals surface area contributed by atoms with Crippen molar-refractivity contribution in [1.29, 1.82) is 0 Å². The molecule has 0 aliphatic carbocycles. The first-order valence-electron chi connectivity index (χ1n) is 11.7. The summed E-state index contributed by atoms with van der Waals surface area (Å²) < 4.78 is 0. The van der Waals surface area contributed by atoms with Crippen LogP contribution in [-0.4, -0.2) is 16.8 Å². The van der Waals surface area contributed by atoms with Gasteiger partial charge in [0.05, 0.1) is 17.1 Å². The van der Waals surface area contributed by atoms with Gasteiger partial charge in [-0.1, -0.05) is 66.4 Å². The van der Waals surface area contributed by atoms with E-state index in [0.717, 1.165) is 32.8 Å². The molecule has 0 bridgehead atoms. The smallest absolute Gasteiger partial charge is 0.265 e. The lowest BCUT2D eigenvalue weighted by atomic mass is 10.1. The van der Waals surface area contributed by atoms with Gasteiger partial charge >= 0.3 is 0 Å². The van der Waals surface area contributed by atoms with Crippen LogP contribution in [0, 0.1) is 6.92 Å². The molecule has 0 radical (unpaired) electrons. The molecule has 3 aromatic carbocycles. The molecule has 178 valence electrons. The maximum absolute atomic E-state index is 13.6. The first-order valence-corrected chi connectivity index (χ1v) is 12.5. The Balaban J connectivity index is 1.35. The molecule has 0 atom stereocenters. The number of rotatable bonds is 6. The Hall–Kier alpha value is -4.16. The van der Waals surface area contributed by atoms with E-state index in [4.69, 9.17) is 0 Å². The molecule has 4 aromatic rings. The Bertz CT molecular complexity index is 1430. The summed E-state index contributed by atoms with van der Waals surface area (Å²) in [4.78, 5) is 33.7. The highest BCUT2D eigenvalue weighted by Gasteiger charge is 2.29. The van der Waals surface area contributed by atoms with Crippen molar-refractivity contribution in [2.45, 2.75) is 24.9 Å². The molecule has 36 heavy (non-hydrogen) atoms. The Labute approximate surface area is 214 Å². The molecule has 2 amide bonds. The number of thioether (sulfide) groups is 1. The first kappa shape index (κ1) is 23.6. The van der Waals surface area contributed by atoms with Crippen molar-refractivity contribution in [3.63, 3.8) is 0 Å². The van der Waals surface area contributed by atoms with E-state index in [0.29, 0.717) is 23.6 Å². The third-order valence-corrected chi connectivity index (χ3v) is 7.15. The van der Waals surface area contributed by atoms with Crippen LogP contribution in [0.15, 0.2) is 107 Å². The van der Waals surface area contributed by atoms with Crippen molar-refractivity contribution in [3.05, 3.63) is 130 Å². The SMILES string of the molecule is Cc1ccccc1CN1C(=O)/C(=C\c2ccc(C(=O)NCc3cccnc3)cc2)Sc2ccccc21. The molecule has 5 nitrogen and oxygen atoms in total. The van der Waals surface area contributed by atoms with Crippen LogP contribution in [0.3, 0.4) is 0 Å². The molecule has 6 heteroatoms. The van der Waals surface area contributed by atoms with Crippen molar-refractivity contribution in [1.82, 2.24) is 10.3 Å². The first-order chi connectivity index (χ1) is 17.6. The minimum atomic E-state index is -0.153. The monoisotopic (exact) mass is 491 g/mol. The van der Waals surface area contributed by atoms with Crippen molar-refractivity contribution in [2.24, 2.45) is 0 Å². The molecule has 2 heterocycles. The van der Waals surface area contributed by atoms with E-state index in [1.54, 1.807) is 24.5 Å². The average Bonchev–Trinajstić information content (AvgIpc) is 2.91. The zero-order chi connectivity index (χ0) is 24.9. The van der Waals surface area contributed by atoms with Crippen LogP contribution in [0.2, 0.25) is 0 Å².